The van der Waals surface area contributed by atoms with Gasteiger partial charge in [0.25, 0.3) is 11.7 Å². The third-order valence-corrected chi connectivity index (χ3v) is 6.20. The smallest absolute Gasteiger partial charge is 0.300 e. The van der Waals surface area contributed by atoms with Gasteiger partial charge in [0.05, 0.1) is 25.3 Å². The van der Waals surface area contributed by atoms with E-state index in [2.05, 4.69) is 0 Å². The fourth-order valence-corrected chi connectivity index (χ4v) is 4.21. The van der Waals surface area contributed by atoms with Crippen LogP contribution >= 0.6 is 0 Å². The van der Waals surface area contributed by atoms with Gasteiger partial charge < -0.3 is 14.6 Å². The summed E-state index contributed by atoms with van der Waals surface area (Å²) < 4.78 is 11.1. The first-order valence-corrected chi connectivity index (χ1v) is 11.6. The number of aliphatic hydroxyl groups excluding tert-OH is 1. The van der Waals surface area contributed by atoms with Crippen LogP contribution in [0.25, 0.3) is 5.76 Å². The van der Waals surface area contributed by atoms with Crippen LogP contribution in [0.15, 0.2) is 72.3 Å². The first-order chi connectivity index (χ1) is 16.8. The Bertz CT molecular complexity index is 1310. The zero-order valence-corrected chi connectivity index (χ0v) is 20.4. The maximum Gasteiger partial charge on any atom is 0.300 e. The van der Waals surface area contributed by atoms with Crippen molar-refractivity contribution in [2.75, 3.05) is 18.6 Å². The number of ether oxygens (including phenoxy) is 2. The Balaban J connectivity index is 1.91. The van der Waals surface area contributed by atoms with Gasteiger partial charge in [-0.15, -0.1) is 0 Å². The fourth-order valence-electron chi connectivity index (χ4n) is 4.21. The van der Waals surface area contributed by atoms with Gasteiger partial charge in [-0.1, -0.05) is 37.3 Å². The van der Waals surface area contributed by atoms with Crippen LogP contribution in [0.2, 0.25) is 0 Å². The first-order valence-electron chi connectivity index (χ1n) is 11.6. The van der Waals surface area contributed by atoms with Crippen molar-refractivity contribution in [2.45, 2.75) is 33.2 Å². The molecule has 4 rings (SSSR count). The molecule has 180 valence electrons. The van der Waals surface area contributed by atoms with E-state index in [1.165, 1.54) is 4.90 Å². The van der Waals surface area contributed by atoms with Crippen LogP contribution < -0.4 is 14.4 Å². The predicted octanol–water partition coefficient (Wildman–Crippen LogP) is 5.73. The molecule has 1 aliphatic heterocycles. The number of Topliss-reactive ketones (excluding diaryl/α,β-unsaturated/α-hetero) is 1. The van der Waals surface area contributed by atoms with Crippen molar-refractivity contribution < 1.29 is 24.2 Å². The minimum atomic E-state index is -0.826. The topological polar surface area (TPSA) is 76.1 Å². The molecule has 0 spiro atoms. The normalized spacial score (nSPS) is 17.0. The van der Waals surface area contributed by atoms with Crippen LogP contribution in [-0.2, 0) is 9.59 Å². The summed E-state index contributed by atoms with van der Waals surface area (Å²) >= 11 is 0. The molecule has 1 unspecified atom stereocenters. The number of carbonyl (C=O) groups is 2. The molecule has 1 fully saturated rings. The van der Waals surface area contributed by atoms with Crippen LogP contribution in [0.4, 0.5) is 5.69 Å². The van der Waals surface area contributed by atoms with E-state index in [9.17, 15) is 14.7 Å². The zero-order valence-electron chi connectivity index (χ0n) is 20.4. The molecule has 1 atom stereocenters. The Morgan fingerprint density at radius 2 is 1.69 bits per heavy atom. The lowest BCUT2D eigenvalue weighted by Gasteiger charge is -2.26. The lowest BCUT2D eigenvalue weighted by Crippen LogP contribution is -2.29. The summed E-state index contributed by atoms with van der Waals surface area (Å²) in [4.78, 5) is 28.2. The summed E-state index contributed by atoms with van der Waals surface area (Å²) in [5.41, 5.74) is 3.74. The van der Waals surface area contributed by atoms with E-state index in [4.69, 9.17) is 9.47 Å². The maximum absolute atomic E-state index is 13.4. The number of methoxy groups -OCH3 is 1. The van der Waals surface area contributed by atoms with Crippen molar-refractivity contribution in [1.29, 1.82) is 0 Å². The summed E-state index contributed by atoms with van der Waals surface area (Å²) in [6.07, 6.45) is 0.840. The van der Waals surface area contributed by atoms with Gasteiger partial charge in [-0.2, -0.15) is 0 Å². The highest BCUT2D eigenvalue weighted by Crippen LogP contribution is 2.43. The molecule has 0 aromatic heterocycles. The highest BCUT2D eigenvalue weighted by molar-refractivity contribution is 6.51. The molecule has 1 aliphatic rings. The molecule has 6 heteroatoms. The molecular formula is C29H29NO5. The molecular weight excluding hydrogens is 442 g/mol. The van der Waals surface area contributed by atoms with Crippen molar-refractivity contribution in [3.63, 3.8) is 0 Å². The van der Waals surface area contributed by atoms with Crippen LogP contribution in [0.3, 0.4) is 0 Å². The van der Waals surface area contributed by atoms with Gasteiger partial charge in [-0.05, 0) is 73.4 Å². The Hall–Kier alpha value is -4.06. The van der Waals surface area contributed by atoms with Crippen molar-refractivity contribution in [3.05, 3.63) is 94.6 Å². The zero-order chi connectivity index (χ0) is 25.1. The number of carbonyl (C=O) groups excluding carboxylic acids is 2. The van der Waals surface area contributed by atoms with Gasteiger partial charge in [0.1, 0.15) is 17.3 Å². The average Bonchev–Trinajstić information content (AvgIpc) is 3.14. The van der Waals surface area contributed by atoms with Crippen molar-refractivity contribution in [2.24, 2.45) is 0 Å². The second kappa shape index (κ2) is 10.1. The van der Waals surface area contributed by atoms with Crippen LogP contribution in [-0.4, -0.2) is 30.5 Å². The van der Waals surface area contributed by atoms with Gasteiger partial charge in [0, 0.05) is 11.3 Å². The van der Waals surface area contributed by atoms with Crippen LogP contribution in [0.5, 0.6) is 11.5 Å². The molecule has 0 aliphatic carbocycles. The van der Waals surface area contributed by atoms with Gasteiger partial charge in [-0.3, -0.25) is 14.5 Å². The summed E-state index contributed by atoms with van der Waals surface area (Å²) in [7, 11) is 1.56. The quantitative estimate of drug-likeness (QED) is 0.271. The van der Waals surface area contributed by atoms with E-state index in [1.807, 2.05) is 45.0 Å². The number of aliphatic hydroxyl groups is 1. The molecule has 1 saturated heterocycles. The second-order valence-electron chi connectivity index (χ2n) is 8.59. The molecule has 35 heavy (non-hydrogen) atoms. The SMILES string of the molecule is CCCOc1cccc(/C(O)=C2\C(=O)C(=O)N(c3ccc(C)c(C)c3)C2c2cccc(OC)c2)c1. The fraction of sp³-hybridized carbons (Fsp3) is 0.241. The molecule has 6 nitrogen and oxygen atoms in total. The number of hydrogen-bond acceptors (Lipinski definition) is 5. The molecule has 1 heterocycles. The minimum absolute atomic E-state index is 0.0223. The molecule has 0 bridgehead atoms. The maximum atomic E-state index is 13.4. The van der Waals surface area contributed by atoms with Gasteiger partial charge >= 0.3 is 0 Å². The highest BCUT2D eigenvalue weighted by Gasteiger charge is 2.47. The summed E-state index contributed by atoms with van der Waals surface area (Å²) in [5, 5.41) is 11.4. The summed E-state index contributed by atoms with van der Waals surface area (Å²) in [6.45, 7) is 6.48. The monoisotopic (exact) mass is 471 g/mol. The number of nitrogens with zero attached hydrogens (tertiary/aromatic N) is 1. The van der Waals surface area contributed by atoms with E-state index >= 15 is 0 Å². The number of aryl methyl sites for hydroxylation is 2. The summed E-state index contributed by atoms with van der Waals surface area (Å²) in [6, 6.07) is 18.9. The largest absolute Gasteiger partial charge is 0.507 e. The van der Waals surface area contributed by atoms with E-state index < -0.39 is 17.7 Å². The van der Waals surface area contributed by atoms with E-state index in [0.717, 1.165) is 17.5 Å². The Labute approximate surface area is 205 Å². The van der Waals surface area contributed by atoms with E-state index in [0.29, 0.717) is 34.9 Å². The molecule has 0 radical (unpaired) electrons. The van der Waals surface area contributed by atoms with Crippen LogP contribution in [0, 0.1) is 13.8 Å². The Kier molecular flexibility index (Phi) is 6.92. The number of amides is 1. The third-order valence-electron chi connectivity index (χ3n) is 6.20. The molecule has 1 N–H and O–H groups in total. The number of anilines is 1. The van der Waals surface area contributed by atoms with E-state index in [1.54, 1.807) is 49.6 Å². The number of rotatable bonds is 7. The molecule has 3 aromatic rings. The highest BCUT2D eigenvalue weighted by atomic mass is 16.5. The molecule has 0 saturated carbocycles. The van der Waals surface area contributed by atoms with E-state index in [-0.39, 0.29) is 11.3 Å². The predicted molar refractivity (Wildman–Crippen MR) is 136 cm³/mol. The lowest BCUT2D eigenvalue weighted by atomic mass is 9.94. The lowest BCUT2D eigenvalue weighted by molar-refractivity contribution is -0.132. The second-order valence-corrected chi connectivity index (χ2v) is 8.59. The Morgan fingerprint density at radius 3 is 2.40 bits per heavy atom. The standard InChI is InChI=1S/C29H29NO5/c1-5-14-35-24-11-7-9-21(17-24)27(31)25-26(20-8-6-10-23(16-20)34-4)30(29(33)28(25)32)22-13-12-18(2)19(3)15-22/h6-13,15-17,26,31H,5,14H2,1-4H3/b27-25+. The Morgan fingerprint density at radius 1 is 0.943 bits per heavy atom. The average molecular weight is 472 g/mol. The van der Waals surface area contributed by atoms with Gasteiger partial charge in [0.15, 0.2) is 0 Å². The number of benzene rings is 3. The number of hydrogen-bond donors (Lipinski definition) is 1. The van der Waals surface area contributed by atoms with Crippen molar-refractivity contribution >= 4 is 23.1 Å². The van der Waals surface area contributed by atoms with Crippen LogP contribution in [0.1, 0.15) is 41.6 Å². The molecule has 1 amide bonds. The first kappa shape index (κ1) is 24.1. The summed E-state index contributed by atoms with van der Waals surface area (Å²) in [5.74, 6) is -0.515. The van der Waals surface area contributed by atoms with Gasteiger partial charge in [0.2, 0.25) is 0 Å². The molecule has 3 aromatic carbocycles. The number of ketones is 1. The van der Waals surface area contributed by atoms with Gasteiger partial charge in [-0.25, -0.2) is 0 Å². The van der Waals surface area contributed by atoms with Crippen molar-refractivity contribution in [1.82, 2.24) is 0 Å². The van der Waals surface area contributed by atoms with Crippen molar-refractivity contribution in [3.8, 4) is 11.5 Å². The minimum Gasteiger partial charge on any atom is -0.507 e. The third kappa shape index (κ3) is 4.64.